The Bertz CT molecular complexity index is 440. The normalized spacial score (nSPS) is 10.6. The standard InChI is InChI=1S/C16H24BrNO2S/c1-3-4-9-20-10-5-8-18-16(19)12-21-15-7-6-14(17)11-13(15)2/h6-7,11H,3-5,8-10,12H2,1-2H3,(H,18,19). The van der Waals surface area contributed by atoms with Gasteiger partial charge in [-0.25, -0.2) is 0 Å². The van der Waals surface area contributed by atoms with Crippen molar-refractivity contribution in [3.8, 4) is 0 Å². The minimum Gasteiger partial charge on any atom is -0.381 e. The number of ether oxygens (including phenoxy) is 1. The second-order valence-electron chi connectivity index (χ2n) is 4.87. The fourth-order valence-corrected chi connectivity index (χ4v) is 3.03. The number of nitrogens with one attached hydrogen (secondary N) is 1. The summed E-state index contributed by atoms with van der Waals surface area (Å²) < 4.78 is 6.52. The monoisotopic (exact) mass is 373 g/mol. The summed E-state index contributed by atoms with van der Waals surface area (Å²) >= 11 is 5.02. The van der Waals surface area contributed by atoms with Crippen LogP contribution in [0, 0.1) is 6.92 Å². The molecule has 0 heterocycles. The number of carbonyl (C=O) groups excluding carboxylic acids is 1. The largest absolute Gasteiger partial charge is 0.381 e. The lowest BCUT2D eigenvalue weighted by molar-refractivity contribution is -0.118. The van der Waals surface area contributed by atoms with Gasteiger partial charge in [0.05, 0.1) is 5.75 Å². The minimum atomic E-state index is 0.0795. The van der Waals surface area contributed by atoms with E-state index in [0.717, 1.165) is 41.8 Å². The van der Waals surface area contributed by atoms with E-state index in [0.29, 0.717) is 12.3 Å². The number of carbonyl (C=O) groups is 1. The van der Waals surface area contributed by atoms with E-state index < -0.39 is 0 Å². The molecule has 3 nitrogen and oxygen atoms in total. The molecule has 0 saturated heterocycles. The highest BCUT2D eigenvalue weighted by Gasteiger charge is 2.04. The Kier molecular flexibility index (Phi) is 9.79. The van der Waals surface area contributed by atoms with Crippen LogP contribution >= 0.6 is 27.7 Å². The first kappa shape index (κ1) is 18.5. The number of benzene rings is 1. The van der Waals surface area contributed by atoms with E-state index in [2.05, 4.69) is 41.2 Å². The van der Waals surface area contributed by atoms with Crippen LogP contribution in [0.1, 0.15) is 31.7 Å². The van der Waals surface area contributed by atoms with E-state index in [1.165, 1.54) is 5.56 Å². The highest BCUT2D eigenvalue weighted by atomic mass is 79.9. The Morgan fingerprint density at radius 2 is 2.10 bits per heavy atom. The smallest absolute Gasteiger partial charge is 0.230 e. The summed E-state index contributed by atoms with van der Waals surface area (Å²) in [4.78, 5) is 12.9. The molecular weight excluding hydrogens is 350 g/mol. The predicted octanol–water partition coefficient (Wildman–Crippen LogP) is 4.17. The number of hydrogen-bond acceptors (Lipinski definition) is 3. The lowest BCUT2D eigenvalue weighted by Gasteiger charge is -2.07. The van der Waals surface area contributed by atoms with Crippen molar-refractivity contribution in [2.75, 3.05) is 25.5 Å². The Labute approximate surface area is 140 Å². The lowest BCUT2D eigenvalue weighted by Crippen LogP contribution is -2.26. The number of amides is 1. The van der Waals surface area contributed by atoms with Gasteiger partial charge in [0.25, 0.3) is 0 Å². The van der Waals surface area contributed by atoms with Gasteiger partial charge in [-0.15, -0.1) is 11.8 Å². The van der Waals surface area contributed by atoms with Crippen molar-refractivity contribution >= 4 is 33.6 Å². The molecule has 1 aromatic rings. The molecule has 0 bridgehead atoms. The molecule has 0 aliphatic carbocycles. The summed E-state index contributed by atoms with van der Waals surface area (Å²) in [6.07, 6.45) is 3.14. The van der Waals surface area contributed by atoms with Crippen molar-refractivity contribution in [1.29, 1.82) is 0 Å². The zero-order chi connectivity index (χ0) is 15.5. The van der Waals surface area contributed by atoms with E-state index >= 15 is 0 Å². The van der Waals surface area contributed by atoms with Crippen molar-refractivity contribution in [3.63, 3.8) is 0 Å². The molecule has 0 fully saturated rings. The first-order chi connectivity index (χ1) is 10.1. The summed E-state index contributed by atoms with van der Waals surface area (Å²) in [7, 11) is 0. The molecule has 118 valence electrons. The van der Waals surface area contributed by atoms with Gasteiger partial charge in [0.2, 0.25) is 5.91 Å². The van der Waals surface area contributed by atoms with Crippen LogP contribution in [-0.2, 0) is 9.53 Å². The minimum absolute atomic E-state index is 0.0795. The number of thioether (sulfide) groups is 1. The average Bonchev–Trinajstić information content (AvgIpc) is 2.45. The van der Waals surface area contributed by atoms with Crippen molar-refractivity contribution in [1.82, 2.24) is 5.32 Å². The highest BCUT2D eigenvalue weighted by Crippen LogP contribution is 2.24. The number of halogens is 1. The van der Waals surface area contributed by atoms with Crippen LogP contribution in [0.3, 0.4) is 0 Å². The molecule has 1 aromatic carbocycles. The molecule has 1 N–H and O–H groups in total. The van der Waals surface area contributed by atoms with Gasteiger partial charge in [0.1, 0.15) is 0 Å². The van der Waals surface area contributed by atoms with E-state index in [1.807, 2.05) is 12.1 Å². The molecule has 0 saturated carbocycles. The Balaban J connectivity index is 2.11. The molecule has 0 unspecified atom stereocenters. The maximum Gasteiger partial charge on any atom is 0.230 e. The van der Waals surface area contributed by atoms with Crippen molar-refractivity contribution in [2.45, 2.75) is 38.0 Å². The number of aryl methyl sites for hydroxylation is 1. The molecule has 21 heavy (non-hydrogen) atoms. The molecule has 0 aromatic heterocycles. The zero-order valence-corrected chi connectivity index (χ0v) is 15.2. The molecule has 5 heteroatoms. The van der Waals surface area contributed by atoms with Gasteiger partial charge >= 0.3 is 0 Å². The van der Waals surface area contributed by atoms with E-state index in [4.69, 9.17) is 4.74 Å². The van der Waals surface area contributed by atoms with Crippen molar-refractivity contribution in [3.05, 3.63) is 28.2 Å². The van der Waals surface area contributed by atoms with Crippen molar-refractivity contribution in [2.24, 2.45) is 0 Å². The Morgan fingerprint density at radius 3 is 2.81 bits per heavy atom. The predicted molar refractivity (Wildman–Crippen MR) is 93.0 cm³/mol. The number of unbranched alkanes of at least 4 members (excludes halogenated alkanes) is 1. The summed E-state index contributed by atoms with van der Waals surface area (Å²) in [6.45, 7) is 6.43. The molecule has 0 atom stereocenters. The summed E-state index contributed by atoms with van der Waals surface area (Å²) in [5, 5.41) is 2.93. The van der Waals surface area contributed by atoms with Gasteiger partial charge in [-0.1, -0.05) is 29.3 Å². The van der Waals surface area contributed by atoms with Gasteiger partial charge in [0, 0.05) is 29.1 Å². The third-order valence-corrected chi connectivity index (χ3v) is 4.59. The topological polar surface area (TPSA) is 38.3 Å². The Hall–Kier alpha value is -0.520. The Morgan fingerprint density at radius 1 is 1.33 bits per heavy atom. The molecule has 1 rings (SSSR count). The molecule has 1 amide bonds. The van der Waals surface area contributed by atoms with Gasteiger partial charge in [-0.3, -0.25) is 4.79 Å². The number of rotatable bonds is 10. The fraction of sp³-hybridized carbons (Fsp3) is 0.562. The third kappa shape index (κ3) is 8.49. The first-order valence-corrected chi connectivity index (χ1v) is 9.14. The van der Waals surface area contributed by atoms with Gasteiger partial charge < -0.3 is 10.1 Å². The quantitative estimate of drug-likeness (QED) is 0.493. The number of hydrogen-bond donors (Lipinski definition) is 1. The molecule has 0 aliphatic heterocycles. The summed E-state index contributed by atoms with van der Waals surface area (Å²) in [5.74, 6) is 0.537. The van der Waals surface area contributed by atoms with Crippen LogP contribution in [0.5, 0.6) is 0 Å². The van der Waals surface area contributed by atoms with E-state index in [-0.39, 0.29) is 5.91 Å². The average molecular weight is 374 g/mol. The maximum absolute atomic E-state index is 11.7. The van der Waals surface area contributed by atoms with Crippen LogP contribution in [0.15, 0.2) is 27.6 Å². The van der Waals surface area contributed by atoms with Crippen LogP contribution in [0.4, 0.5) is 0 Å². The first-order valence-electron chi connectivity index (χ1n) is 7.37. The van der Waals surface area contributed by atoms with Crippen LogP contribution < -0.4 is 5.32 Å². The fourth-order valence-electron chi connectivity index (χ4n) is 1.72. The summed E-state index contributed by atoms with van der Waals surface area (Å²) in [5.41, 5.74) is 1.19. The van der Waals surface area contributed by atoms with Crippen molar-refractivity contribution < 1.29 is 9.53 Å². The SMILES string of the molecule is CCCCOCCCNC(=O)CSc1ccc(Br)cc1C. The van der Waals surface area contributed by atoms with Crippen LogP contribution in [0.25, 0.3) is 0 Å². The molecule has 0 aliphatic rings. The lowest BCUT2D eigenvalue weighted by atomic mass is 10.2. The zero-order valence-electron chi connectivity index (χ0n) is 12.8. The summed E-state index contributed by atoms with van der Waals surface area (Å²) in [6, 6.07) is 6.10. The van der Waals surface area contributed by atoms with E-state index in [1.54, 1.807) is 11.8 Å². The van der Waals surface area contributed by atoms with Gasteiger partial charge in [-0.2, -0.15) is 0 Å². The molecular formula is C16H24BrNO2S. The van der Waals surface area contributed by atoms with Gasteiger partial charge in [-0.05, 0) is 43.5 Å². The second kappa shape index (κ2) is 11.1. The van der Waals surface area contributed by atoms with Crippen LogP contribution in [-0.4, -0.2) is 31.4 Å². The maximum atomic E-state index is 11.7. The molecule has 0 radical (unpaired) electrons. The van der Waals surface area contributed by atoms with Gasteiger partial charge in [0.15, 0.2) is 0 Å². The second-order valence-corrected chi connectivity index (χ2v) is 6.80. The van der Waals surface area contributed by atoms with E-state index in [9.17, 15) is 4.79 Å². The third-order valence-electron chi connectivity index (χ3n) is 2.93. The van der Waals surface area contributed by atoms with Crippen LogP contribution in [0.2, 0.25) is 0 Å². The highest BCUT2D eigenvalue weighted by molar-refractivity contribution is 9.10. The molecule has 0 spiro atoms.